The molecule has 1 aliphatic heterocycles. The van der Waals surface area contributed by atoms with Crippen molar-refractivity contribution < 1.29 is 0 Å². The molecule has 0 bridgehead atoms. The van der Waals surface area contributed by atoms with Gasteiger partial charge in [-0.3, -0.25) is 0 Å². The molecule has 2 heterocycles. The lowest BCUT2D eigenvalue weighted by Gasteiger charge is -2.28. The fraction of sp³-hybridized carbons (Fsp3) is 0.500. The third-order valence-electron chi connectivity index (χ3n) is 2.11. The van der Waals surface area contributed by atoms with Crippen molar-refractivity contribution in [3.8, 4) is 0 Å². The quantitative estimate of drug-likeness (QED) is 0.740. The van der Waals surface area contributed by atoms with E-state index in [4.69, 9.17) is 23.2 Å². The average Bonchev–Trinajstić information content (AvgIpc) is 2.23. The van der Waals surface area contributed by atoms with Crippen LogP contribution in [0.5, 0.6) is 0 Å². The van der Waals surface area contributed by atoms with Crippen molar-refractivity contribution in [3.63, 3.8) is 0 Å². The minimum absolute atomic E-state index is 0.239. The van der Waals surface area contributed by atoms with E-state index in [9.17, 15) is 0 Å². The number of halogens is 2. The second-order valence-corrected chi connectivity index (χ2v) is 3.79. The number of rotatable bonds is 1. The number of hydrogen-bond donors (Lipinski definition) is 1. The molecule has 76 valence electrons. The van der Waals surface area contributed by atoms with Crippen LogP contribution in [0.4, 0.5) is 5.82 Å². The molecule has 0 atom stereocenters. The predicted molar refractivity (Wildman–Crippen MR) is 57.1 cm³/mol. The Labute approximate surface area is 92.2 Å². The van der Waals surface area contributed by atoms with Crippen molar-refractivity contribution in [3.05, 3.63) is 16.5 Å². The summed E-state index contributed by atoms with van der Waals surface area (Å²) in [5.74, 6) is 0.730. The van der Waals surface area contributed by atoms with E-state index in [1.807, 2.05) is 0 Å². The maximum Gasteiger partial charge on any atom is 0.224 e. The van der Waals surface area contributed by atoms with Crippen LogP contribution in [-0.2, 0) is 0 Å². The summed E-state index contributed by atoms with van der Waals surface area (Å²) in [6, 6.07) is 0. The van der Waals surface area contributed by atoms with Gasteiger partial charge in [0.15, 0.2) is 5.82 Å². The van der Waals surface area contributed by atoms with Crippen molar-refractivity contribution in [2.75, 3.05) is 31.1 Å². The van der Waals surface area contributed by atoms with Crippen molar-refractivity contribution in [1.29, 1.82) is 0 Å². The molecule has 0 radical (unpaired) electrons. The Bertz CT molecular complexity index is 325. The van der Waals surface area contributed by atoms with Gasteiger partial charge in [-0.05, 0) is 11.6 Å². The van der Waals surface area contributed by atoms with Gasteiger partial charge in [-0.1, -0.05) is 11.6 Å². The highest BCUT2D eigenvalue weighted by atomic mass is 35.5. The molecule has 2 rings (SSSR count). The molecule has 1 saturated heterocycles. The number of aromatic nitrogens is 2. The SMILES string of the molecule is Clc1ncc(Cl)c(N2CCNCC2)n1. The summed E-state index contributed by atoms with van der Waals surface area (Å²) in [5.41, 5.74) is 0. The van der Waals surface area contributed by atoms with E-state index in [0.717, 1.165) is 32.0 Å². The third kappa shape index (κ3) is 2.08. The van der Waals surface area contributed by atoms with Crippen LogP contribution in [0.25, 0.3) is 0 Å². The van der Waals surface area contributed by atoms with E-state index in [-0.39, 0.29) is 5.28 Å². The number of hydrogen-bond acceptors (Lipinski definition) is 4. The lowest BCUT2D eigenvalue weighted by atomic mass is 10.3. The summed E-state index contributed by atoms with van der Waals surface area (Å²) in [6.45, 7) is 3.68. The largest absolute Gasteiger partial charge is 0.353 e. The van der Waals surface area contributed by atoms with E-state index in [2.05, 4.69) is 20.2 Å². The zero-order valence-electron chi connectivity index (χ0n) is 7.50. The molecular formula is C8H10Cl2N4. The molecule has 0 aromatic carbocycles. The highest BCUT2D eigenvalue weighted by molar-refractivity contribution is 6.33. The first-order valence-corrected chi connectivity index (χ1v) is 5.16. The first-order valence-electron chi connectivity index (χ1n) is 4.41. The normalized spacial score (nSPS) is 17.1. The lowest BCUT2D eigenvalue weighted by molar-refractivity contribution is 0.584. The van der Waals surface area contributed by atoms with Gasteiger partial charge in [0, 0.05) is 26.2 Å². The molecule has 1 aliphatic rings. The molecule has 1 aromatic rings. The van der Waals surface area contributed by atoms with Crippen LogP contribution in [0, 0.1) is 0 Å². The van der Waals surface area contributed by atoms with Crippen molar-refractivity contribution in [1.82, 2.24) is 15.3 Å². The maximum atomic E-state index is 5.98. The molecule has 14 heavy (non-hydrogen) atoms. The molecule has 1 aromatic heterocycles. The monoisotopic (exact) mass is 232 g/mol. The fourth-order valence-corrected chi connectivity index (χ4v) is 1.78. The van der Waals surface area contributed by atoms with E-state index in [1.165, 1.54) is 6.20 Å². The predicted octanol–water partition coefficient (Wildman–Crippen LogP) is 1.19. The molecule has 1 fully saturated rings. The zero-order chi connectivity index (χ0) is 9.97. The molecule has 0 unspecified atom stereocenters. The van der Waals surface area contributed by atoms with Crippen LogP contribution in [0.1, 0.15) is 0 Å². The molecule has 0 saturated carbocycles. The smallest absolute Gasteiger partial charge is 0.224 e. The maximum absolute atomic E-state index is 5.98. The number of anilines is 1. The lowest BCUT2D eigenvalue weighted by Crippen LogP contribution is -2.44. The topological polar surface area (TPSA) is 41.1 Å². The summed E-state index contributed by atoms with van der Waals surface area (Å²) in [7, 11) is 0. The van der Waals surface area contributed by atoms with Gasteiger partial charge in [0.1, 0.15) is 5.02 Å². The number of nitrogens with one attached hydrogen (secondary N) is 1. The molecule has 0 amide bonds. The van der Waals surface area contributed by atoms with Crippen LogP contribution in [0.3, 0.4) is 0 Å². The molecule has 0 spiro atoms. The Hall–Kier alpha value is -0.580. The van der Waals surface area contributed by atoms with Crippen LogP contribution in [0.2, 0.25) is 10.3 Å². The van der Waals surface area contributed by atoms with Gasteiger partial charge in [-0.2, -0.15) is 4.98 Å². The molecule has 6 heteroatoms. The number of piperazine rings is 1. The first kappa shape index (κ1) is 9.96. The van der Waals surface area contributed by atoms with Crippen LogP contribution in [-0.4, -0.2) is 36.1 Å². The summed E-state index contributed by atoms with van der Waals surface area (Å²) >= 11 is 11.7. The Kier molecular flexibility index (Phi) is 3.05. The van der Waals surface area contributed by atoms with E-state index in [0.29, 0.717) is 5.02 Å². The first-order chi connectivity index (χ1) is 6.77. The summed E-state index contributed by atoms with van der Waals surface area (Å²) in [6.07, 6.45) is 1.54. The second kappa shape index (κ2) is 4.29. The minimum Gasteiger partial charge on any atom is -0.353 e. The Morgan fingerprint density at radius 1 is 1.29 bits per heavy atom. The van der Waals surface area contributed by atoms with Crippen LogP contribution in [0.15, 0.2) is 6.20 Å². The highest BCUT2D eigenvalue weighted by Crippen LogP contribution is 2.23. The van der Waals surface area contributed by atoms with E-state index in [1.54, 1.807) is 0 Å². The molecule has 4 nitrogen and oxygen atoms in total. The van der Waals surface area contributed by atoms with Gasteiger partial charge in [0.2, 0.25) is 5.28 Å². The van der Waals surface area contributed by atoms with Gasteiger partial charge in [-0.25, -0.2) is 4.98 Å². The van der Waals surface area contributed by atoms with Crippen LogP contribution >= 0.6 is 23.2 Å². The highest BCUT2D eigenvalue weighted by Gasteiger charge is 2.15. The van der Waals surface area contributed by atoms with Crippen LogP contribution < -0.4 is 10.2 Å². The summed E-state index contributed by atoms with van der Waals surface area (Å²) < 4.78 is 0. The van der Waals surface area contributed by atoms with E-state index < -0.39 is 0 Å². The standard InChI is InChI=1S/C8H10Cl2N4/c9-6-5-12-8(10)13-7(6)14-3-1-11-2-4-14/h5,11H,1-4H2. The van der Waals surface area contributed by atoms with Gasteiger partial charge in [-0.15, -0.1) is 0 Å². The van der Waals surface area contributed by atoms with Gasteiger partial charge in [0.25, 0.3) is 0 Å². The molecule has 0 aliphatic carbocycles. The fourth-order valence-electron chi connectivity index (χ4n) is 1.44. The van der Waals surface area contributed by atoms with Crippen molar-refractivity contribution >= 4 is 29.0 Å². The Morgan fingerprint density at radius 3 is 2.71 bits per heavy atom. The second-order valence-electron chi connectivity index (χ2n) is 3.05. The Morgan fingerprint density at radius 2 is 2.00 bits per heavy atom. The minimum atomic E-state index is 0.239. The summed E-state index contributed by atoms with van der Waals surface area (Å²) in [5, 5.41) is 4.05. The average molecular weight is 233 g/mol. The van der Waals surface area contributed by atoms with Gasteiger partial charge in [0.05, 0.1) is 6.20 Å². The Balaban J connectivity index is 2.24. The summed E-state index contributed by atoms with van der Waals surface area (Å²) in [4.78, 5) is 10.0. The van der Waals surface area contributed by atoms with Gasteiger partial charge < -0.3 is 10.2 Å². The van der Waals surface area contributed by atoms with Crippen molar-refractivity contribution in [2.24, 2.45) is 0 Å². The van der Waals surface area contributed by atoms with E-state index >= 15 is 0 Å². The van der Waals surface area contributed by atoms with Gasteiger partial charge >= 0.3 is 0 Å². The molecule has 1 N–H and O–H groups in total. The van der Waals surface area contributed by atoms with Crippen molar-refractivity contribution in [2.45, 2.75) is 0 Å². The zero-order valence-corrected chi connectivity index (χ0v) is 9.02. The number of nitrogens with zero attached hydrogens (tertiary/aromatic N) is 3. The molecular weight excluding hydrogens is 223 g/mol. The third-order valence-corrected chi connectivity index (χ3v) is 2.56.